The topological polar surface area (TPSA) is 49.2 Å². The van der Waals surface area contributed by atoms with E-state index in [4.69, 9.17) is 5.11 Å². The quantitative estimate of drug-likeness (QED) is 0.750. The van der Waals surface area contributed by atoms with Crippen molar-refractivity contribution in [3.63, 3.8) is 0 Å². The normalized spacial score (nSPS) is 26.9. The minimum absolute atomic E-state index is 0.267. The smallest absolute Gasteiger partial charge is 0.132 e. The molecule has 1 aliphatic heterocycles. The second kappa shape index (κ2) is 3.92. The summed E-state index contributed by atoms with van der Waals surface area (Å²) in [6.07, 6.45) is 4.36. The Morgan fingerprint density at radius 2 is 2.50 bits per heavy atom. The lowest BCUT2D eigenvalue weighted by atomic mass is 10.0. The summed E-state index contributed by atoms with van der Waals surface area (Å²) in [7, 11) is 0. The molecule has 1 aromatic rings. The first kappa shape index (κ1) is 9.40. The maximum atomic E-state index is 9.14. The molecule has 0 aromatic carbocycles. The van der Waals surface area contributed by atoms with Crippen molar-refractivity contribution in [2.24, 2.45) is 5.92 Å². The molecule has 4 heteroatoms. The fourth-order valence-corrected chi connectivity index (χ4v) is 2.02. The van der Waals surface area contributed by atoms with E-state index in [0.717, 1.165) is 18.8 Å². The van der Waals surface area contributed by atoms with Crippen LogP contribution >= 0.6 is 0 Å². The molecule has 0 bridgehead atoms. The van der Waals surface area contributed by atoms with Crippen LogP contribution in [0, 0.1) is 5.92 Å². The SMILES string of the molecule is CC1C(CO)CCN1c1ccncn1. The van der Waals surface area contributed by atoms with Crippen molar-refractivity contribution in [3.8, 4) is 0 Å². The molecule has 1 saturated heterocycles. The largest absolute Gasteiger partial charge is 0.396 e. The van der Waals surface area contributed by atoms with Crippen molar-refractivity contribution < 1.29 is 5.11 Å². The summed E-state index contributed by atoms with van der Waals surface area (Å²) in [5.74, 6) is 1.34. The molecule has 0 aliphatic carbocycles. The summed E-state index contributed by atoms with van der Waals surface area (Å²) in [6, 6.07) is 2.28. The van der Waals surface area contributed by atoms with Gasteiger partial charge in [0.05, 0.1) is 0 Å². The van der Waals surface area contributed by atoms with Crippen molar-refractivity contribution in [3.05, 3.63) is 18.6 Å². The number of anilines is 1. The maximum Gasteiger partial charge on any atom is 0.132 e. The van der Waals surface area contributed by atoms with Crippen molar-refractivity contribution in [2.75, 3.05) is 18.1 Å². The molecule has 2 unspecified atom stereocenters. The van der Waals surface area contributed by atoms with Crippen LogP contribution in [0.3, 0.4) is 0 Å². The molecule has 0 amide bonds. The Bertz CT molecular complexity index is 291. The summed E-state index contributed by atoms with van der Waals surface area (Å²) in [6.45, 7) is 3.38. The number of aromatic nitrogens is 2. The summed E-state index contributed by atoms with van der Waals surface area (Å²) in [5, 5.41) is 9.14. The van der Waals surface area contributed by atoms with Crippen molar-refractivity contribution in [2.45, 2.75) is 19.4 Å². The van der Waals surface area contributed by atoms with Gasteiger partial charge in [0.1, 0.15) is 12.1 Å². The van der Waals surface area contributed by atoms with Crippen LogP contribution in [0.4, 0.5) is 5.82 Å². The summed E-state index contributed by atoms with van der Waals surface area (Å²) in [5.41, 5.74) is 0. The number of rotatable bonds is 2. The molecule has 2 atom stereocenters. The van der Waals surface area contributed by atoms with E-state index in [-0.39, 0.29) is 6.61 Å². The van der Waals surface area contributed by atoms with Crippen molar-refractivity contribution >= 4 is 5.82 Å². The zero-order valence-electron chi connectivity index (χ0n) is 8.30. The maximum absolute atomic E-state index is 9.14. The van der Waals surface area contributed by atoms with E-state index >= 15 is 0 Å². The first-order valence-electron chi connectivity index (χ1n) is 4.96. The Kier molecular flexibility index (Phi) is 2.63. The highest BCUT2D eigenvalue weighted by atomic mass is 16.3. The minimum Gasteiger partial charge on any atom is -0.396 e. The van der Waals surface area contributed by atoms with E-state index in [1.807, 2.05) is 6.07 Å². The Hall–Kier alpha value is -1.16. The number of nitrogens with zero attached hydrogens (tertiary/aromatic N) is 3. The van der Waals surface area contributed by atoms with Gasteiger partial charge in [-0.05, 0) is 19.4 Å². The van der Waals surface area contributed by atoms with Crippen molar-refractivity contribution in [1.82, 2.24) is 9.97 Å². The van der Waals surface area contributed by atoms with Crippen LogP contribution in [0.5, 0.6) is 0 Å². The van der Waals surface area contributed by atoms with Crippen LogP contribution < -0.4 is 4.90 Å². The van der Waals surface area contributed by atoms with E-state index in [1.165, 1.54) is 0 Å². The fraction of sp³-hybridized carbons (Fsp3) is 0.600. The molecule has 0 saturated carbocycles. The first-order valence-corrected chi connectivity index (χ1v) is 4.96. The average molecular weight is 193 g/mol. The van der Waals surface area contributed by atoms with E-state index in [2.05, 4.69) is 21.8 Å². The lowest BCUT2D eigenvalue weighted by molar-refractivity contribution is 0.221. The lowest BCUT2D eigenvalue weighted by Crippen LogP contribution is -2.31. The van der Waals surface area contributed by atoms with Crippen molar-refractivity contribution in [1.29, 1.82) is 0 Å². The van der Waals surface area contributed by atoms with Gasteiger partial charge in [0.25, 0.3) is 0 Å². The van der Waals surface area contributed by atoms with Gasteiger partial charge in [-0.3, -0.25) is 0 Å². The predicted molar refractivity (Wildman–Crippen MR) is 54.0 cm³/mol. The molecule has 76 valence electrons. The zero-order valence-corrected chi connectivity index (χ0v) is 8.30. The molecule has 2 heterocycles. The molecular weight excluding hydrogens is 178 g/mol. The van der Waals surface area contributed by atoms with Gasteiger partial charge in [0.15, 0.2) is 0 Å². The predicted octanol–water partition coefficient (Wildman–Crippen LogP) is 0.684. The third-order valence-electron chi connectivity index (χ3n) is 3.01. The number of aliphatic hydroxyl groups excluding tert-OH is 1. The molecule has 4 nitrogen and oxygen atoms in total. The van der Waals surface area contributed by atoms with Crippen LogP contribution in [-0.2, 0) is 0 Å². The number of hydrogen-bond donors (Lipinski definition) is 1. The average Bonchev–Trinajstić information content (AvgIpc) is 2.61. The van der Waals surface area contributed by atoms with E-state index in [1.54, 1.807) is 12.5 Å². The van der Waals surface area contributed by atoms with Crippen LogP contribution in [-0.4, -0.2) is 34.3 Å². The molecule has 0 spiro atoms. The van der Waals surface area contributed by atoms with Crippen LogP contribution in [0.1, 0.15) is 13.3 Å². The van der Waals surface area contributed by atoms with Gasteiger partial charge in [0, 0.05) is 31.3 Å². The summed E-state index contributed by atoms with van der Waals surface area (Å²) >= 11 is 0. The second-order valence-electron chi connectivity index (χ2n) is 3.73. The fourth-order valence-electron chi connectivity index (χ4n) is 2.02. The molecule has 1 aliphatic rings. The third-order valence-corrected chi connectivity index (χ3v) is 3.01. The third kappa shape index (κ3) is 1.57. The standard InChI is InChI=1S/C10H15N3O/c1-8-9(6-14)3-5-13(8)10-2-4-11-7-12-10/h2,4,7-9,14H,3,5-6H2,1H3. The van der Waals surface area contributed by atoms with Crippen LogP contribution in [0.25, 0.3) is 0 Å². The van der Waals surface area contributed by atoms with E-state index in [0.29, 0.717) is 12.0 Å². The van der Waals surface area contributed by atoms with Gasteiger partial charge >= 0.3 is 0 Å². The molecule has 14 heavy (non-hydrogen) atoms. The number of hydrogen-bond acceptors (Lipinski definition) is 4. The molecule has 0 radical (unpaired) electrons. The van der Waals surface area contributed by atoms with Crippen LogP contribution in [0.15, 0.2) is 18.6 Å². The Morgan fingerprint density at radius 1 is 1.64 bits per heavy atom. The first-order chi connectivity index (χ1) is 6.83. The van der Waals surface area contributed by atoms with Gasteiger partial charge in [-0.1, -0.05) is 0 Å². The monoisotopic (exact) mass is 193 g/mol. The molecule has 2 rings (SSSR count). The van der Waals surface area contributed by atoms with Gasteiger partial charge in [0.2, 0.25) is 0 Å². The Labute approximate surface area is 83.6 Å². The Balaban J connectivity index is 2.14. The van der Waals surface area contributed by atoms with Crippen LogP contribution in [0.2, 0.25) is 0 Å². The molecule has 1 aromatic heterocycles. The highest BCUT2D eigenvalue weighted by molar-refractivity contribution is 5.39. The van der Waals surface area contributed by atoms with E-state index in [9.17, 15) is 0 Å². The summed E-state index contributed by atoms with van der Waals surface area (Å²) in [4.78, 5) is 10.3. The van der Waals surface area contributed by atoms with Gasteiger partial charge in [-0.2, -0.15) is 0 Å². The molecule has 1 fully saturated rings. The highest BCUT2D eigenvalue weighted by Crippen LogP contribution is 2.27. The van der Waals surface area contributed by atoms with Gasteiger partial charge < -0.3 is 10.0 Å². The zero-order chi connectivity index (χ0) is 9.97. The van der Waals surface area contributed by atoms with Gasteiger partial charge in [-0.25, -0.2) is 9.97 Å². The Morgan fingerprint density at radius 3 is 3.07 bits per heavy atom. The van der Waals surface area contributed by atoms with E-state index < -0.39 is 0 Å². The number of aliphatic hydroxyl groups is 1. The molecular formula is C10H15N3O. The molecule has 1 N–H and O–H groups in total. The summed E-state index contributed by atoms with van der Waals surface area (Å²) < 4.78 is 0. The minimum atomic E-state index is 0.267. The highest BCUT2D eigenvalue weighted by Gasteiger charge is 2.30. The lowest BCUT2D eigenvalue weighted by Gasteiger charge is -2.24. The second-order valence-corrected chi connectivity index (χ2v) is 3.73. The van der Waals surface area contributed by atoms with Gasteiger partial charge in [-0.15, -0.1) is 0 Å².